The maximum atomic E-state index is 9.56. The Labute approximate surface area is 51.7 Å². The summed E-state index contributed by atoms with van der Waals surface area (Å²) in [6.07, 6.45) is 0. The molecule has 9 heavy (non-hydrogen) atoms. The lowest BCUT2D eigenvalue weighted by molar-refractivity contribution is 0.545. The summed E-state index contributed by atoms with van der Waals surface area (Å²) in [4.78, 5) is 19.1. The molecular formula is C3H8N4O2. The molecule has 0 aromatic rings. The predicted molar refractivity (Wildman–Crippen MR) is 32.4 cm³/mol. The molecule has 0 atom stereocenters. The maximum Gasteiger partial charge on any atom is 0.0997 e. The van der Waals surface area contributed by atoms with Crippen molar-refractivity contribution in [1.82, 2.24) is 5.43 Å². The largest absolute Gasteiger partial charge is 0.271 e. The van der Waals surface area contributed by atoms with Gasteiger partial charge in [-0.3, -0.25) is 11.3 Å². The van der Waals surface area contributed by atoms with Gasteiger partial charge < -0.3 is 0 Å². The second-order valence-electron chi connectivity index (χ2n) is 1.49. The maximum absolute atomic E-state index is 9.56. The number of nitrogens with zero attached hydrogens (tertiary/aromatic N) is 2. The lowest BCUT2D eigenvalue weighted by atomic mass is 10.3. The van der Waals surface area contributed by atoms with Gasteiger partial charge in [-0.15, -0.1) is 0 Å². The molecule has 0 radical (unpaired) electrons. The topological polar surface area (TPSA) is 96.9 Å². The third kappa shape index (κ3) is 3.68. The van der Waals surface area contributed by atoms with E-state index in [1.807, 2.05) is 0 Å². The Morgan fingerprint density at radius 1 is 1.33 bits per heavy atom. The molecule has 52 valence electrons. The van der Waals surface area contributed by atoms with Crippen molar-refractivity contribution in [1.29, 1.82) is 0 Å². The molecule has 6 nitrogen and oxygen atoms in total. The molecule has 0 aliphatic rings. The van der Waals surface area contributed by atoms with Gasteiger partial charge in [0.05, 0.1) is 19.1 Å². The molecule has 6 heteroatoms. The first-order valence-electron chi connectivity index (χ1n) is 2.39. The number of nitroso groups, excluding NO2 is 2. The van der Waals surface area contributed by atoms with Crippen LogP contribution in [0.1, 0.15) is 0 Å². The minimum atomic E-state index is -0.417. The van der Waals surface area contributed by atoms with Gasteiger partial charge >= 0.3 is 0 Å². The van der Waals surface area contributed by atoms with Crippen LogP contribution in [-0.4, -0.2) is 19.1 Å². The highest BCUT2D eigenvalue weighted by Gasteiger charge is 2.04. The van der Waals surface area contributed by atoms with Crippen LogP contribution in [0.2, 0.25) is 0 Å². The van der Waals surface area contributed by atoms with Crippen LogP contribution in [0.25, 0.3) is 0 Å². The molecule has 0 bridgehead atoms. The standard InChI is InChI=1S/C3H8N4O2/c4-7-3(1-5-8)2-6-9/h3,7H,1-2,4H2. The van der Waals surface area contributed by atoms with Crippen LogP contribution >= 0.6 is 0 Å². The van der Waals surface area contributed by atoms with Crippen molar-refractivity contribution in [2.24, 2.45) is 16.2 Å². The number of hydrazine groups is 1. The summed E-state index contributed by atoms with van der Waals surface area (Å²) in [5, 5.41) is 5.07. The molecule has 0 fully saturated rings. The van der Waals surface area contributed by atoms with Crippen LogP contribution in [0.15, 0.2) is 10.4 Å². The highest BCUT2D eigenvalue weighted by atomic mass is 16.3. The molecule has 0 amide bonds. The molecule has 0 spiro atoms. The molecule has 0 rings (SSSR count). The fraction of sp³-hybridized carbons (Fsp3) is 1.00. The second kappa shape index (κ2) is 5.26. The highest BCUT2D eigenvalue weighted by molar-refractivity contribution is 4.67. The van der Waals surface area contributed by atoms with Crippen molar-refractivity contribution >= 4 is 0 Å². The summed E-state index contributed by atoms with van der Waals surface area (Å²) in [6.45, 7) is -0.0511. The van der Waals surface area contributed by atoms with Crippen LogP contribution in [0.4, 0.5) is 0 Å². The van der Waals surface area contributed by atoms with Gasteiger partial charge in [-0.05, 0) is 0 Å². The minimum absolute atomic E-state index is 0.0256. The van der Waals surface area contributed by atoms with Gasteiger partial charge in [-0.1, -0.05) is 10.4 Å². The lowest BCUT2D eigenvalue weighted by Crippen LogP contribution is -2.39. The Morgan fingerprint density at radius 3 is 2.00 bits per heavy atom. The number of rotatable bonds is 5. The second-order valence-corrected chi connectivity index (χ2v) is 1.49. The van der Waals surface area contributed by atoms with E-state index in [2.05, 4.69) is 15.8 Å². The highest BCUT2D eigenvalue weighted by Crippen LogP contribution is 1.82. The molecule has 0 aromatic heterocycles. The Balaban J connectivity index is 3.39. The van der Waals surface area contributed by atoms with Crippen molar-refractivity contribution in [2.45, 2.75) is 6.04 Å². The summed E-state index contributed by atoms with van der Waals surface area (Å²) in [5.74, 6) is 4.90. The summed E-state index contributed by atoms with van der Waals surface area (Å²) in [7, 11) is 0. The van der Waals surface area contributed by atoms with E-state index in [0.29, 0.717) is 0 Å². The van der Waals surface area contributed by atoms with E-state index in [4.69, 9.17) is 5.84 Å². The first-order valence-corrected chi connectivity index (χ1v) is 2.39. The quantitative estimate of drug-likeness (QED) is 0.295. The number of hydrogen-bond donors (Lipinski definition) is 2. The van der Waals surface area contributed by atoms with Gasteiger partial charge in [-0.2, -0.15) is 9.81 Å². The van der Waals surface area contributed by atoms with Crippen LogP contribution in [0.5, 0.6) is 0 Å². The molecule has 0 aliphatic carbocycles. The fourth-order valence-corrected chi connectivity index (χ4v) is 0.343. The molecule has 0 saturated carbocycles. The molecule has 0 aliphatic heterocycles. The molecular weight excluding hydrogens is 124 g/mol. The third-order valence-electron chi connectivity index (χ3n) is 0.826. The van der Waals surface area contributed by atoms with E-state index in [1.54, 1.807) is 0 Å². The molecule has 3 N–H and O–H groups in total. The van der Waals surface area contributed by atoms with Crippen molar-refractivity contribution in [3.63, 3.8) is 0 Å². The average molecular weight is 132 g/mol. The first-order chi connectivity index (χ1) is 4.35. The van der Waals surface area contributed by atoms with E-state index >= 15 is 0 Å². The van der Waals surface area contributed by atoms with Gasteiger partial charge in [0.25, 0.3) is 0 Å². The zero-order valence-corrected chi connectivity index (χ0v) is 4.78. The third-order valence-corrected chi connectivity index (χ3v) is 0.826. The Bertz CT molecular complexity index is 85.8. The first kappa shape index (κ1) is 8.12. The molecule has 0 aromatic carbocycles. The van der Waals surface area contributed by atoms with E-state index in [1.165, 1.54) is 0 Å². The van der Waals surface area contributed by atoms with E-state index in [0.717, 1.165) is 0 Å². The average Bonchev–Trinajstić information content (AvgIpc) is 1.88. The van der Waals surface area contributed by atoms with Crippen molar-refractivity contribution < 1.29 is 0 Å². The predicted octanol–water partition coefficient (Wildman–Crippen LogP) is -0.649. The van der Waals surface area contributed by atoms with Crippen molar-refractivity contribution in [3.05, 3.63) is 9.81 Å². The van der Waals surface area contributed by atoms with Gasteiger partial charge in [-0.25, -0.2) is 0 Å². The van der Waals surface area contributed by atoms with Crippen LogP contribution in [0.3, 0.4) is 0 Å². The van der Waals surface area contributed by atoms with E-state index in [9.17, 15) is 9.81 Å². The van der Waals surface area contributed by atoms with Crippen LogP contribution in [-0.2, 0) is 0 Å². The van der Waals surface area contributed by atoms with E-state index in [-0.39, 0.29) is 13.1 Å². The smallest absolute Gasteiger partial charge is 0.0997 e. The monoisotopic (exact) mass is 132 g/mol. The SMILES string of the molecule is NNC(CN=O)CN=O. The fourth-order valence-electron chi connectivity index (χ4n) is 0.343. The summed E-state index contributed by atoms with van der Waals surface area (Å²) in [5.41, 5.74) is 2.22. The summed E-state index contributed by atoms with van der Waals surface area (Å²) >= 11 is 0. The number of nitrogens with two attached hydrogens (primary N) is 1. The summed E-state index contributed by atoms with van der Waals surface area (Å²) in [6, 6.07) is -0.417. The van der Waals surface area contributed by atoms with Gasteiger partial charge in [0.2, 0.25) is 0 Å². The number of hydrogen-bond acceptors (Lipinski definition) is 6. The van der Waals surface area contributed by atoms with E-state index < -0.39 is 6.04 Å². The minimum Gasteiger partial charge on any atom is -0.271 e. The van der Waals surface area contributed by atoms with Crippen molar-refractivity contribution in [2.75, 3.05) is 13.1 Å². The molecule has 0 saturated heterocycles. The summed E-state index contributed by atoms with van der Waals surface area (Å²) < 4.78 is 0. The van der Waals surface area contributed by atoms with Crippen molar-refractivity contribution in [3.8, 4) is 0 Å². The molecule has 0 unspecified atom stereocenters. The van der Waals surface area contributed by atoms with Gasteiger partial charge in [0.15, 0.2) is 0 Å². The zero-order valence-electron chi connectivity index (χ0n) is 4.78. The van der Waals surface area contributed by atoms with Crippen LogP contribution in [0, 0.1) is 9.81 Å². The Morgan fingerprint density at radius 2 is 1.78 bits per heavy atom. The van der Waals surface area contributed by atoms with Gasteiger partial charge in [0.1, 0.15) is 0 Å². The zero-order chi connectivity index (χ0) is 7.11. The van der Waals surface area contributed by atoms with Crippen LogP contribution < -0.4 is 11.3 Å². The normalized spacial score (nSPS) is 9.56. The Hall–Kier alpha value is -0.880. The number of nitrogens with one attached hydrogen (secondary N) is 1. The Kier molecular flexibility index (Phi) is 4.75. The van der Waals surface area contributed by atoms with Gasteiger partial charge in [0, 0.05) is 0 Å². The molecule has 0 heterocycles. The lowest BCUT2D eigenvalue weighted by Gasteiger charge is -2.04.